The van der Waals surface area contributed by atoms with E-state index in [1.165, 1.54) is 23.1 Å². The Morgan fingerprint density at radius 2 is 1.28 bits per heavy atom. The molecule has 0 unspecified atom stereocenters. The molecular formula is C17H30O. The number of rotatable bonds is 9. The van der Waals surface area contributed by atoms with E-state index in [0.29, 0.717) is 6.61 Å². The van der Waals surface area contributed by atoms with E-state index in [1.54, 1.807) is 0 Å². The first-order valence-electron chi connectivity index (χ1n) is 7.11. The SMILES string of the molecule is CC(C)=CCC/C(C)=C\CC/C(C)=C\CCCO. The molecule has 0 aliphatic rings. The van der Waals surface area contributed by atoms with E-state index in [1.807, 2.05) is 0 Å². The molecule has 0 aromatic carbocycles. The Kier molecular flexibility index (Phi) is 10.8. The van der Waals surface area contributed by atoms with Gasteiger partial charge >= 0.3 is 0 Å². The summed E-state index contributed by atoms with van der Waals surface area (Å²) >= 11 is 0. The average Bonchev–Trinajstić information content (AvgIpc) is 2.29. The average molecular weight is 250 g/mol. The third-order valence-corrected chi connectivity index (χ3v) is 2.98. The first kappa shape index (κ1) is 17.2. The largest absolute Gasteiger partial charge is 0.396 e. The molecule has 104 valence electrons. The Bertz CT molecular complexity index is 291. The summed E-state index contributed by atoms with van der Waals surface area (Å²) in [5, 5.41) is 8.71. The monoisotopic (exact) mass is 250 g/mol. The molecule has 0 aliphatic heterocycles. The van der Waals surface area contributed by atoms with E-state index >= 15 is 0 Å². The summed E-state index contributed by atoms with van der Waals surface area (Å²) in [5.74, 6) is 0. The molecule has 0 aliphatic carbocycles. The number of hydrogen-bond donors (Lipinski definition) is 1. The molecule has 0 aromatic heterocycles. The molecule has 0 radical (unpaired) electrons. The topological polar surface area (TPSA) is 20.2 Å². The highest BCUT2D eigenvalue weighted by atomic mass is 16.2. The molecule has 0 rings (SSSR count). The van der Waals surface area contributed by atoms with Crippen molar-refractivity contribution in [2.24, 2.45) is 0 Å². The van der Waals surface area contributed by atoms with E-state index in [0.717, 1.165) is 32.1 Å². The lowest BCUT2D eigenvalue weighted by Gasteiger charge is -2.01. The lowest BCUT2D eigenvalue weighted by atomic mass is 10.1. The molecule has 0 amide bonds. The molecule has 0 saturated carbocycles. The summed E-state index contributed by atoms with van der Waals surface area (Å²) in [5.41, 5.74) is 4.35. The third-order valence-electron chi connectivity index (χ3n) is 2.98. The van der Waals surface area contributed by atoms with Crippen molar-refractivity contribution in [2.75, 3.05) is 6.61 Å². The van der Waals surface area contributed by atoms with Gasteiger partial charge in [-0.05, 0) is 66.2 Å². The molecule has 0 saturated heterocycles. The highest BCUT2D eigenvalue weighted by Crippen LogP contribution is 2.11. The van der Waals surface area contributed by atoms with Gasteiger partial charge in [-0.3, -0.25) is 0 Å². The predicted molar refractivity (Wildman–Crippen MR) is 81.7 cm³/mol. The molecule has 0 heterocycles. The van der Waals surface area contributed by atoms with E-state index in [2.05, 4.69) is 45.9 Å². The molecule has 1 heteroatoms. The van der Waals surface area contributed by atoms with Crippen LogP contribution in [0.2, 0.25) is 0 Å². The van der Waals surface area contributed by atoms with Crippen molar-refractivity contribution in [3.05, 3.63) is 34.9 Å². The van der Waals surface area contributed by atoms with Crippen molar-refractivity contribution >= 4 is 0 Å². The van der Waals surface area contributed by atoms with Gasteiger partial charge in [0.15, 0.2) is 0 Å². The van der Waals surface area contributed by atoms with Gasteiger partial charge in [-0.1, -0.05) is 34.9 Å². The minimum Gasteiger partial charge on any atom is -0.396 e. The van der Waals surface area contributed by atoms with E-state index in [9.17, 15) is 0 Å². The second-order valence-corrected chi connectivity index (χ2v) is 5.33. The fraction of sp³-hybridized carbons (Fsp3) is 0.647. The Balaban J connectivity index is 3.79. The smallest absolute Gasteiger partial charge is 0.0433 e. The van der Waals surface area contributed by atoms with Crippen LogP contribution in [-0.2, 0) is 0 Å². The van der Waals surface area contributed by atoms with Crippen LogP contribution in [0.1, 0.15) is 66.2 Å². The maximum Gasteiger partial charge on any atom is 0.0433 e. The maximum atomic E-state index is 8.71. The van der Waals surface area contributed by atoms with Crippen LogP contribution in [0.3, 0.4) is 0 Å². The van der Waals surface area contributed by atoms with Gasteiger partial charge < -0.3 is 5.11 Å². The molecule has 18 heavy (non-hydrogen) atoms. The summed E-state index contributed by atoms with van der Waals surface area (Å²) in [6.07, 6.45) is 13.4. The first-order chi connectivity index (χ1) is 8.56. The van der Waals surface area contributed by atoms with Crippen LogP contribution in [-0.4, -0.2) is 11.7 Å². The van der Waals surface area contributed by atoms with E-state index < -0.39 is 0 Å². The standard InChI is InChI=1S/C17H30O/c1-15(2)9-7-11-17(4)13-8-12-16(3)10-5-6-14-18/h9-10,13,18H,5-8,11-12,14H2,1-4H3/b16-10-,17-13-. The van der Waals surface area contributed by atoms with Crippen molar-refractivity contribution in [2.45, 2.75) is 66.2 Å². The second kappa shape index (κ2) is 11.3. The normalized spacial score (nSPS) is 12.7. The zero-order chi connectivity index (χ0) is 13.8. The van der Waals surface area contributed by atoms with Gasteiger partial charge in [0.25, 0.3) is 0 Å². The van der Waals surface area contributed by atoms with Gasteiger partial charge in [0.1, 0.15) is 0 Å². The van der Waals surface area contributed by atoms with Gasteiger partial charge in [0, 0.05) is 6.61 Å². The molecule has 1 nitrogen and oxygen atoms in total. The van der Waals surface area contributed by atoms with Crippen LogP contribution in [0.25, 0.3) is 0 Å². The van der Waals surface area contributed by atoms with Crippen LogP contribution in [0.5, 0.6) is 0 Å². The van der Waals surface area contributed by atoms with Gasteiger partial charge in [0.05, 0.1) is 0 Å². The predicted octanol–water partition coefficient (Wildman–Crippen LogP) is 5.18. The Morgan fingerprint density at radius 1 is 0.778 bits per heavy atom. The highest BCUT2D eigenvalue weighted by molar-refractivity contribution is 5.05. The summed E-state index contributed by atoms with van der Waals surface area (Å²) in [6.45, 7) is 9.01. The maximum absolute atomic E-state index is 8.71. The zero-order valence-electron chi connectivity index (χ0n) is 12.6. The molecule has 0 fully saturated rings. The molecular weight excluding hydrogens is 220 g/mol. The van der Waals surface area contributed by atoms with E-state index in [4.69, 9.17) is 5.11 Å². The van der Waals surface area contributed by atoms with Gasteiger partial charge in [-0.2, -0.15) is 0 Å². The summed E-state index contributed by atoms with van der Waals surface area (Å²) in [4.78, 5) is 0. The molecule has 1 N–H and O–H groups in total. The molecule has 0 atom stereocenters. The van der Waals surface area contributed by atoms with Crippen molar-refractivity contribution in [3.8, 4) is 0 Å². The summed E-state index contributed by atoms with van der Waals surface area (Å²) in [7, 11) is 0. The van der Waals surface area contributed by atoms with Crippen molar-refractivity contribution in [3.63, 3.8) is 0 Å². The Hall–Kier alpha value is -0.820. The second-order valence-electron chi connectivity index (χ2n) is 5.33. The minimum atomic E-state index is 0.299. The first-order valence-corrected chi connectivity index (χ1v) is 7.11. The van der Waals surface area contributed by atoms with Crippen LogP contribution in [0.15, 0.2) is 34.9 Å². The van der Waals surface area contributed by atoms with Crippen LogP contribution >= 0.6 is 0 Å². The molecule has 0 spiro atoms. The number of allylic oxidation sites excluding steroid dienone is 6. The molecule has 0 aromatic rings. The molecule has 0 bridgehead atoms. The number of unbranched alkanes of at least 4 members (excludes halogenated alkanes) is 1. The summed E-state index contributed by atoms with van der Waals surface area (Å²) in [6, 6.07) is 0. The van der Waals surface area contributed by atoms with Crippen LogP contribution < -0.4 is 0 Å². The number of aliphatic hydroxyl groups is 1. The minimum absolute atomic E-state index is 0.299. The lowest BCUT2D eigenvalue weighted by molar-refractivity contribution is 0.289. The fourth-order valence-corrected chi connectivity index (χ4v) is 1.78. The van der Waals surface area contributed by atoms with Crippen LogP contribution in [0.4, 0.5) is 0 Å². The number of aliphatic hydroxyl groups excluding tert-OH is 1. The zero-order valence-corrected chi connectivity index (χ0v) is 12.6. The van der Waals surface area contributed by atoms with Gasteiger partial charge in [-0.25, -0.2) is 0 Å². The highest BCUT2D eigenvalue weighted by Gasteiger charge is 1.92. The Morgan fingerprint density at radius 3 is 1.78 bits per heavy atom. The quantitative estimate of drug-likeness (QED) is 0.441. The van der Waals surface area contributed by atoms with Gasteiger partial charge in [-0.15, -0.1) is 0 Å². The van der Waals surface area contributed by atoms with Crippen molar-refractivity contribution < 1.29 is 5.11 Å². The lowest BCUT2D eigenvalue weighted by Crippen LogP contribution is -1.83. The van der Waals surface area contributed by atoms with E-state index in [-0.39, 0.29) is 0 Å². The van der Waals surface area contributed by atoms with Crippen LogP contribution in [0, 0.1) is 0 Å². The van der Waals surface area contributed by atoms with Crippen molar-refractivity contribution in [1.29, 1.82) is 0 Å². The number of hydrogen-bond acceptors (Lipinski definition) is 1. The fourth-order valence-electron chi connectivity index (χ4n) is 1.78. The Labute approximate surface area is 113 Å². The van der Waals surface area contributed by atoms with Crippen molar-refractivity contribution in [1.82, 2.24) is 0 Å². The van der Waals surface area contributed by atoms with Gasteiger partial charge in [0.2, 0.25) is 0 Å². The summed E-state index contributed by atoms with van der Waals surface area (Å²) < 4.78 is 0. The third kappa shape index (κ3) is 11.7.